The van der Waals surface area contributed by atoms with Crippen molar-refractivity contribution in [3.63, 3.8) is 0 Å². The Morgan fingerprint density at radius 1 is 1.29 bits per heavy atom. The highest BCUT2D eigenvalue weighted by atomic mass is 35.5. The van der Waals surface area contributed by atoms with Crippen LogP contribution in [0.2, 0.25) is 5.02 Å². The average molecular weight is 631 g/mol. The average Bonchev–Trinajstić information content (AvgIpc) is 3.72. The van der Waals surface area contributed by atoms with E-state index >= 15 is 4.39 Å². The van der Waals surface area contributed by atoms with Gasteiger partial charge in [0.25, 0.3) is 5.91 Å². The number of fused-ring (bicyclic) bond motifs is 1. The number of anilines is 1. The summed E-state index contributed by atoms with van der Waals surface area (Å²) < 4.78 is 16.3. The molecule has 2 aromatic carbocycles. The van der Waals surface area contributed by atoms with Crippen molar-refractivity contribution >= 4 is 67.8 Å². The predicted octanol–water partition coefficient (Wildman–Crippen LogP) is 5.80. The quantitative estimate of drug-likeness (QED) is 0.213. The van der Waals surface area contributed by atoms with Crippen molar-refractivity contribution < 1.29 is 28.7 Å². The first-order chi connectivity index (χ1) is 20.1. The van der Waals surface area contributed by atoms with Crippen LogP contribution in [0.25, 0.3) is 10.1 Å². The maximum absolute atomic E-state index is 15.3. The summed E-state index contributed by atoms with van der Waals surface area (Å²) in [5.74, 6) is -2.27. The van der Waals surface area contributed by atoms with Crippen molar-refractivity contribution in [3.05, 3.63) is 79.8 Å². The summed E-state index contributed by atoms with van der Waals surface area (Å²) in [7, 11) is 3.33. The second kappa shape index (κ2) is 12.8. The Morgan fingerprint density at radius 3 is 2.83 bits per heavy atom. The van der Waals surface area contributed by atoms with Gasteiger partial charge in [0.15, 0.2) is 0 Å². The van der Waals surface area contributed by atoms with E-state index in [4.69, 9.17) is 21.5 Å². The third-order valence-corrected chi connectivity index (χ3v) is 9.73. The van der Waals surface area contributed by atoms with Crippen LogP contribution >= 0.6 is 34.3 Å². The molecule has 4 aromatic rings. The lowest BCUT2D eigenvalue weighted by molar-refractivity contribution is -0.141. The number of nitrogens with one attached hydrogen (secondary N) is 1. The first kappa shape index (κ1) is 30.1. The number of carbonyl (C=O) groups is 3. The van der Waals surface area contributed by atoms with Crippen LogP contribution in [0.15, 0.2) is 48.0 Å². The van der Waals surface area contributed by atoms with Gasteiger partial charge in [-0.15, -0.1) is 22.7 Å². The number of carboxylic acid groups (broad SMARTS) is 1. The fourth-order valence-corrected chi connectivity index (χ4v) is 7.20. The van der Waals surface area contributed by atoms with E-state index in [0.29, 0.717) is 30.0 Å². The number of thiophene rings is 1. The van der Waals surface area contributed by atoms with Gasteiger partial charge in [-0.05, 0) is 36.6 Å². The number of aromatic nitrogens is 1. The van der Waals surface area contributed by atoms with Crippen LogP contribution < -0.4 is 5.32 Å². The summed E-state index contributed by atoms with van der Waals surface area (Å²) in [5.41, 5.74) is 0.686. The Morgan fingerprint density at radius 2 is 2.07 bits per heavy atom. The van der Waals surface area contributed by atoms with Gasteiger partial charge in [0, 0.05) is 40.1 Å². The lowest BCUT2D eigenvalue weighted by Crippen LogP contribution is -2.37. The molecule has 1 fully saturated rings. The zero-order valence-corrected chi connectivity index (χ0v) is 25.2. The molecule has 42 heavy (non-hydrogen) atoms. The largest absolute Gasteiger partial charge is 0.481 e. The summed E-state index contributed by atoms with van der Waals surface area (Å²) in [5, 5.41) is 16.7. The Hall–Kier alpha value is -3.42. The normalized spacial score (nSPS) is 16.8. The Bertz CT molecular complexity index is 1640. The number of hydrogen-bond acceptors (Lipinski definition) is 8. The fraction of sp³-hybridized carbons (Fsp3) is 0.310. The van der Waals surface area contributed by atoms with E-state index < -0.39 is 17.7 Å². The Labute approximate surface area is 254 Å². The van der Waals surface area contributed by atoms with Gasteiger partial charge in [0.2, 0.25) is 5.91 Å². The number of rotatable bonds is 10. The Kier molecular flexibility index (Phi) is 9.19. The fourth-order valence-electron chi connectivity index (χ4n) is 4.99. The minimum absolute atomic E-state index is 0.00960. The number of nitrogens with zero attached hydrogens (tertiary/aromatic N) is 3. The molecule has 13 heteroatoms. The number of aliphatic carboxylic acids is 1. The number of amides is 2. The summed E-state index contributed by atoms with van der Waals surface area (Å²) >= 11 is 9.26. The molecule has 1 aliphatic rings. The van der Waals surface area contributed by atoms with Crippen molar-refractivity contribution in [2.45, 2.75) is 37.8 Å². The number of likely N-dealkylation sites (N-methyl/N-ethyl adjacent to an activating group) is 1. The number of benzene rings is 2. The molecule has 2 N–H and O–H groups in total. The highest BCUT2D eigenvalue weighted by Crippen LogP contribution is 2.37. The number of hydrogen-bond donors (Lipinski definition) is 2. The van der Waals surface area contributed by atoms with Gasteiger partial charge in [-0.25, -0.2) is 9.37 Å². The van der Waals surface area contributed by atoms with Crippen LogP contribution in [-0.2, 0) is 27.3 Å². The maximum Gasteiger partial charge on any atom is 0.303 e. The van der Waals surface area contributed by atoms with Crippen molar-refractivity contribution in [2.75, 3.05) is 26.0 Å². The third kappa shape index (κ3) is 6.47. The number of hydroxylamine groups is 2. The topological polar surface area (TPSA) is 112 Å². The number of aryl methyl sites for hydroxylation is 1. The van der Waals surface area contributed by atoms with E-state index in [9.17, 15) is 14.4 Å². The van der Waals surface area contributed by atoms with Gasteiger partial charge >= 0.3 is 5.97 Å². The van der Waals surface area contributed by atoms with Crippen molar-refractivity contribution in [3.8, 4) is 0 Å². The number of carbonyl (C=O) groups excluding carboxylic acids is 2. The number of thiazole rings is 1. The van der Waals surface area contributed by atoms with Crippen LogP contribution in [0.5, 0.6) is 0 Å². The molecule has 0 bridgehead atoms. The summed E-state index contributed by atoms with van der Waals surface area (Å²) in [6, 6.07) is 9.52. The van der Waals surface area contributed by atoms with Gasteiger partial charge in [-0.1, -0.05) is 29.8 Å². The van der Waals surface area contributed by atoms with Crippen LogP contribution in [0.4, 0.5) is 10.1 Å². The van der Waals surface area contributed by atoms with Crippen molar-refractivity contribution in [1.82, 2.24) is 14.9 Å². The summed E-state index contributed by atoms with van der Waals surface area (Å²) in [4.78, 5) is 49.8. The molecule has 0 aliphatic carbocycles. The minimum atomic E-state index is -0.893. The van der Waals surface area contributed by atoms with Gasteiger partial charge in [0.1, 0.15) is 10.8 Å². The molecule has 0 saturated carbocycles. The number of halogens is 2. The molecular formula is C29H28ClFN4O5S2. The monoisotopic (exact) mass is 630 g/mol. The second-order valence-corrected chi connectivity index (χ2v) is 12.4. The molecule has 2 atom stereocenters. The molecule has 1 saturated heterocycles. The molecule has 2 aromatic heterocycles. The first-order valence-corrected chi connectivity index (χ1v) is 15.2. The highest BCUT2D eigenvalue weighted by Gasteiger charge is 2.40. The Balaban J connectivity index is 1.32. The zero-order chi connectivity index (χ0) is 30.0. The summed E-state index contributed by atoms with van der Waals surface area (Å²) in [6.45, 7) is 0.343. The van der Waals surface area contributed by atoms with E-state index in [-0.39, 0.29) is 47.1 Å². The number of likely N-dealkylation sites (tertiary alicyclic amines) is 1. The molecule has 1 aliphatic heterocycles. The molecule has 2 amide bonds. The lowest BCUT2D eigenvalue weighted by Gasteiger charge is -2.24. The third-order valence-electron chi connectivity index (χ3n) is 7.29. The lowest BCUT2D eigenvalue weighted by atomic mass is 10.1. The van der Waals surface area contributed by atoms with Gasteiger partial charge in [0.05, 0.1) is 48.3 Å². The van der Waals surface area contributed by atoms with E-state index in [0.717, 1.165) is 21.0 Å². The maximum atomic E-state index is 15.3. The standard InChI is InChI=1S/C29H28ClFN4O5S2/c1-34(40-2)17-11-24(29-32-13-18(42-29)7-8-27(37)38)35(14-17)26(36)10-16-9-21(30)23(12-22(16)31)33-28(39)20-15-41-25-6-4-3-5-19(20)25/h3-6,9,12-13,15,17,24H,7-8,10-11,14H2,1-2H3,(H,33,39)(H,37,38)/t17-,24-/m0/s1. The van der Waals surface area contributed by atoms with Crippen molar-refractivity contribution in [1.29, 1.82) is 0 Å². The SMILES string of the molecule is CON(C)[C@H]1C[C@@H](c2ncc(CCC(=O)O)s2)N(C(=O)Cc2cc(Cl)c(NC(=O)c3csc4ccccc34)cc2F)C1. The smallest absolute Gasteiger partial charge is 0.303 e. The number of carboxylic acids is 1. The second-order valence-electron chi connectivity index (χ2n) is 9.94. The molecule has 220 valence electrons. The molecule has 5 rings (SSSR count). The van der Waals surface area contributed by atoms with E-state index in [1.165, 1.54) is 28.7 Å². The molecule has 0 spiro atoms. The van der Waals surface area contributed by atoms with Crippen molar-refractivity contribution in [2.24, 2.45) is 0 Å². The molecule has 0 unspecified atom stereocenters. The molecular weight excluding hydrogens is 603 g/mol. The summed E-state index contributed by atoms with van der Waals surface area (Å²) in [6.07, 6.45) is 2.29. The van der Waals surface area contributed by atoms with Gasteiger partial charge in [-0.2, -0.15) is 5.06 Å². The van der Waals surface area contributed by atoms with Crippen LogP contribution in [-0.4, -0.2) is 64.6 Å². The molecule has 0 radical (unpaired) electrons. The van der Waals surface area contributed by atoms with E-state index in [2.05, 4.69) is 10.3 Å². The van der Waals surface area contributed by atoms with E-state index in [1.54, 1.807) is 35.7 Å². The van der Waals surface area contributed by atoms with Gasteiger partial charge < -0.3 is 20.2 Å². The van der Waals surface area contributed by atoms with Crippen LogP contribution in [0.3, 0.4) is 0 Å². The zero-order valence-electron chi connectivity index (χ0n) is 22.8. The van der Waals surface area contributed by atoms with Crippen LogP contribution in [0, 0.1) is 5.82 Å². The van der Waals surface area contributed by atoms with Gasteiger partial charge in [-0.3, -0.25) is 14.4 Å². The highest BCUT2D eigenvalue weighted by molar-refractivity contribution is 7.17. The predicted molar refractivity (Wildman–Crippen MR) is 161 cm³/mol. The minimum Gasteiger partial charge on any atom is -0.481 e. The van der Waals surface area contributed by atoms with Crippen LogP contribution in [0.1, 0.15) is 44.7 Å². The molecule has 9 nitrogen and oxygen atoms in total. The molecule has 3 heterocycles. The first-order valence-electron chi connectivity index (χ1n) is 13.1. The van der Waals surface area contributed by atoms with E-state index in [1.807, 2.05) is 24.3 Å².